The van der Waals surface area contributed by atoms with Crippen LogP contribution in [-0.2, 0) is 21.7 Å². The zero-order valence-corrected chi connectivity index (χ0v) is 24.0. The first kappa shape index (κ1) is 36.1. The minimum atomic E-state index is -2.15. The molecule has 2 unspecified atom stereocenters. The van der Waals surface area contributed by atoms with Crippen LogP contribution in [0.25, 0.3) is 12.2 Å². The van der Waals surface area contributed by atoms with Crippen LogP contribution in [0.1, 0.15) is 45.2 Å². The number of hydrogen-bond donors (Lipinski definition) is 0. The number of hydrogen-bond acceptors (Lipinski definition) is 0. The molecule has 0 aliphatic heterocycles. The van der Waals surface area contributed by atoms with Gasteiger partial charge in [-0.25, -0.2) is 56.1 Å². The van der Waals surface area contributed by atoms with Crippen LogP contribution in [-0.4, -0.2) is 0 Å². The van der Waals surface area contributed by atoms with E-state index in [4.69, 9.17) is 0 Å². The molecule has 43 heavy (non-hydrogen) atoms. The maximum Gasteiger partial charge on any atom is 4.00 e. The van der Waals surface area contributed by atoms with Crippen LogP contribution in [0.4, 0.5) is 43.9 Å². The third-order valence-electron chi connectivity index (χ3n) is 6.49. The fourth-order valence-corrected chi connectivity index (χ4v) is 4.56. The van der Waals surface area contributed by atoms with Gasteiger partial charge in [0.15, 0.2) is 46.5 Å². The second kappa shape index (κ2) is 14.2. The normalized spacial score (nSPS) is 15.4. The minimum absolute atomic E-state index is 0. The van der Waals surface area contributed by atoms with Crippen LogP contribution in [0.2, 0.25) is 0 Å². The number of halogens is 12. The summed E-state index contributed by atoms with van der Waals surface area (Å²) in [6.45, 7) is 0. The van der Waals surface area contributed by atoms with Gasteiger partial charge in [0.2, 0.25) is 11.6 Å². The van der Waals surface area contributed by atoms with E-state index in [1.54, 1.807) is 48.5 Å². The van der Waals surface area contributed by atoms with E-state index in [0.717, 1.165) is 0 Å². The molecule has 0 saturated carbocycles. The van der Waals surface area contributed by atoms with Gasteiger partial charge in [0.1, 0.15) is 0 Å². The fraction of sp³-hybridized carbons (Fsp3) is 0.0667. The Bertz CT molecular complexity index is 1550. The fourth-order valence-electron chi connectivity index (χ4n) is 4.56. The zero-order valence-electron chi connectivity index (χ0n) is 21.0. The summed E-state index contributed by atoms with van der Waals surface area (Å²) in [6, 6.07) is 13.1. The Morgan fingerprint density at radius 3 is 0.953 bits per heavy atom. The Morgan fingerprint density at radius 2 is 0.651 bits per heavy atom. The Balaban J connectivity index is 0.000000281. The molecule has 0 aromatic heterocycles. The summed E-state index contributed by atoms with van der Waals surface area (Å²) in [5.41, 5.74) is 0.444. The first-order valence-electron chi connectivity index (χ1n) is 11.4. The summed E-state index contributed by atoms with van der Waals surface area (Å²) in [5, 5.41) is 0. The molecule has 0 radical (unpaired) electrons. The maximum absolute atomic E-state index is 13.8. The van der Waals surface area contributed by atoms with Crippen LogP contribution in [0.15, 0.2) is 48.5 Å². The van der Waals surface area contributed by atoms with Gasteiger partial charge in [0.25, 0.3) is 0 Å². The molecule has 0 amide bonds. The van der Waals surface area contributed by atoms with Gasteiger partial charge in [0, 0.05) is 11.1 Å². The predicted molar refractivity (Wildman–Crippen MR) is 124 cm³/mol. The Hall–Kier alpha value is -3.05. The number of allylic oxidation sites excluding steroid dienone is 2. The van der Waals surface area contributed by atoms with Gasteiger partial charge in [-0.15, -0.1) is 23.3 Å². The van der Waals surface area contributed by atoms with Gasteiger partial charge in [-0.2, -0.15) is 11.1 Å². The smallest absolute Gasteiger partial charge is 1.00 e. The Kier molecular flexibility index (Phi) is 11.9. The minimum Gasteiger partial charge on any atom is -1.00 e. The molecule has 0 heterocycles. The molecular formula is C30H12Cl2F10Ti. The van der Waals surface area contributed by atoms with Gasteiger partial charge in [0.05, 0.1) is 0 Å². The van der Waals surface area contributed by atoms with Crippen LogP contribution < -0.4 is 24.8 Å². The van der Waals surface area contributed by atoms with Gasteiger partial charge >= 0.3 is 21.7 Å². The molecular weight excluding hydrogens is 669 g/mol. The molecule has 6 rings (SSSR count). The van der Waals surface area contributed by atoms with Crippen molar-refractivity contribution in [1.29, 1.82) is 0 Å². The molecule has 220 valence electrons. The van der Waals surface area contributed by atoms with E-state index in [1.807, 2.05) is 0 Å². The van der Waals surface area contributed by atoms with E-state index in [-0.39, 0.29) is 46.5 Å². The van der Waals surface area contributed by atoms with Crippen molar-refractivity contribution in [2.45, 2.75) is 11.8 Å². The number of rotatable bonds is 2. The van der Waals surface area contributed by atoms with E-state index < -0.39 is 81.1 Å². The second-order valence-electron chi connectivity index (χ2n) is 8.71. The average Bonchev–Trinajstić information content (AvgIpc) is 3.58. The molecule has 13 heteroatoms. The standard InChI is InChI=1S/2C15H6F5.2ClH.Ti/c2*16-11-10(12(17)14(19)15(20)13(11)18)9-6-5-7-3-1-2-4-8(7)9;;;/h2*1-5,9H;2*1H;/q2*-1;;;+4/p-2. The molecule has 4 aromatic rings. The van der Waals surface area contributed by atoms with Gasteiger partial charge in [-0.3, -0.25) is 12.2 Å². The second-order valence-corrected chi connectivity index (χ2v) is 8.71. The van der Waals surface area contributed by atoms with Crippen LogP contribution in [0, 0.1) is 70.3 Å². The van der Waals surface area contributed by atoms with Crippen molar-refractivity contribution >= 4 is 12.2 Å². The summed E-state index contributed by atoms with van der Waals surface area (Å²) < 4.78 is 134. The zero-order chi connectivity index (χ0) is 28.9. The monoisotopic (exact) mass is 680 g/mol. The van der Waals surface area contributed by atoms with Crippen molar-refractivity contribution in [3.05, 3.63) is 152 Å². The summed E-state index contributed by atoms with van der Waals surface area (Å²) in [5.74, 6) is -21.5. The molecule has 0 nitrogen and oxygen atoms in total. The SMILES string of the molecule is Fc1c(F)c(F)c(C2[C-]=Cc3ccccc32)c(F)c1F.Fc1c(F)c(F)c(C2[C-]=Cc3ccccc32)c(F)c1F.[Cl-].[Cl-].[Ti+4]. The Morgan fingerprint density at radius 1 is 0.395 bits per heavy atom. The molecule has 2 atom stereocenters. The van der Waals surface area contributed by atoms with Gasteiger partial charge < -0.3 is 24.8 Å². The summed E-state index contributed by atoms with van der Waals surface area (Å²) in [6.07, 6.45) is 8.21. The maximum atomic E-state index is 13.8. The van der Waals surface area contributed by atoms with Crippen molar-refractivity contribution in [3.63, 3.8) is 0 Å². The van der Waals surface area contributed by atoms with E-state index in [0.29, 0.717) is 22.3 Å². The summed E-state index contributed by atoms with van der Waals surface area (Å²) in [4.78, 5) is 0. The first-order valence-corrected chi connectivity index (χ1v) is 11.4. The van der Waals surface area contributed by atoms with Crippen molar-refractivity contribution < 1.29 is 90.4 Å². The van der Waals surface area contributed by atoms with Crippen LogP contribution >= 0.6 is 0 Å². The average molecular weight is 681 g/mol. The van der Waals surface area contributed by atoms with E-state index in [2.05, 4.69) is 12.2 Å². The molecule has 0 spiro atoms. The van der Waals surface area contributed by atoms with Crippen LogP contribution in [0.5, 0.6) is 0 Å². The molecule has 0 saturated heterocycles. The van der Waals surface area contributed by atoms with Crippen LogP contribution in [0.3, 0.4) is 0 Å². The first-order chi connectivity index (χ1) is 19.0. The van der Waals surface area contributed by atoms with E-state index >= 15 is 0 Å². The molecule has 4 aromatic carbocycles. The quantitative estimate of drug-likeness (QED) is 0.101. The Labute approximate surface area is 265 Å². The van der Waals surface area contributed by atoms with Crippen molar-refractivity contribution in [3.8, 4) is 0 Å². The van der Waals surface area contributed by atoms with Crippen molar-refractivity contribution in [2.24, 2.45) is 0 Å². The number of benzene rings is 4. The predicted octanol–water partition coefficient (Wildman–Crippen LogP) is 2.69. The molecule has 2 aliphatic rings. The molecule has 2 aliphatic carbocycles. The third-order valence-corrected chi connectivity index (χ3v) is 6.49. The topological polar surface area (TPSA) is 0 Å². The van der Waals surface area contributed by atoms with Crippen molar-refractivity contribution in [2.75, 3.05) is 0 Å². The van der Waals surface area contributed by atoms with E-state index in [9.17, 15) is 43.9 Å². The van der Waals surface area contributed by atoms with Crippen molar-refractivity contribution in [1.82, 2.24) is 0 Å². The molecule has 0 bridgehead atoms. The molecule has 0 fully saturated rings. The van der Waals surface area contributed by atoms with Gasteiger partial charge in [-0.1, -0.05) is 48.2 Å². The molecule has 0 N–H and O–H groups in total. The third kappa shape index (κ3) is 6.16. The largest absolute Gasteiger partial charge is 4.00 e. The number of fused-ring (bicyclic) bond motifs is 2. The summed E-state index contributed by atoms with van der Waals surface area (Å²) in [7, 11) is 0. The summed E-state index contributed by atoms with van der Waals surface area (Å²) >= 11 is 0. The van der Waals surface area contributed by atoms with Gasteiger partial charge in [-0.05, 0) is 0 Å². The van der Waals surface area contributed by atoms with E-state index in [1.165, 1.54) is 12.2 Å².